The van der Waals surface area contributed by atoms with Gasteiger partial charge < -0.3 is 10.6 Å². The number of nitrogens with one attached hydrogen (secondary N) is 2. The second-order valence-corrected chi connectivity index (χ2v) is 9.68. The Morgan fingerprint density at radius 3 is 2.52 bits per heavy atom. The highest BCUT2D eigenvalue weighted by Crippen LogP contribution is 2.19. The zero-order valence-corrected chi connectivity index (χ0v) is 17.0. The third-order valence-electron chi connectivity index (χ3n) is 4.21. The van der Waals surface area contributed by atoms with E-state index in [1.165, 1.54) is 6.26 Å². The zero-order chi connectivity index (χ0) is 18.4. The molecule has 1 aliphatic rings. The fraction of sp³-hybridized carbons (Fsp3) is 0.800. The molecular formula is C15H28N6O2S2. The van der Waals surface area contributed by atoms with Crippen molar-refractivity contribution in [1.29, 1.82) is 0 Å². The molecule has 0 radical (unpaired) electrons. The van der Waals surface area contributed by atoms with Crippen LogP contribution in [0.15, 0.2) is 4.99 Å². The lowest BCUT2D eigenvalue weighted by molar-refractivity contribution is 0.275. The molecule has 0 bridgehead atoms. The molecule has 0 saturated carbocycles. The molecule has 25 heavy (non-hydrogen) atoms. The van der Waals surface area contributed by atoms with Gasteiger partial charge >= 0.3 is 0 Å². The molecule has 1 saturated heterocycles. The zero-order valence-electron chi connectivity index (χ0n) is 15.3. The van der Waals surface area contributed by atoms with Gasteiger partial charge in [0.25, 0.3) is 0 Å². The number of rotatable bonds is 6. The minimum absolute atomic E-state index is 0.390. The molecule has 2 heterocycles. The van der Waals surface area contributed by atoms with E-state index in [1.807, 2.05) is 0 Å². The van der Waals surface area contributed by atoms with Gasteiger partial charge in [-0.05, 0) is 18.8 Å². The number of hydrogen-bond donors (Lipinski definition) is 2. The molecule has 2 N–H and O–H groups in total. The maximum atomic E-state index is 11.5. The first-order valence-electron chi connectivity index (χ1n) is 8.51. The normalized spacial score (nSPS) is 17.9. The van der Waals surface area contributed by atoms with Gasteiger partial charge in [-0.3, -0.25) is 4.99 Å². The quantitative estimate of drug-likeness (QED) is 0.557. The van der Waals surface area contributed by atoms with Crippen LogP contribution in [0.2, 0.25) is 0 Å². The van der Waals surface area contributed by atoms with Crippen LogP contribution >= 0.6 is 11.3 Å². The summed E-state index contributed by atoms with van der Waals surface area (Å²) in [5.41, 5.74) is 0. The monoisotopic (exact) mass is 388 g/mol. The third-order valence-corrected chi connectivity index (χ3v) is 6.73. The Labute approximate surface area is 154 Å². The first-order valence-corrected chi connectivity index (χ1v) is 11.2. The van der Waals surface area contributed by atoms with Crippen molar-refractivity contribution >= 4 is 27.3 Å². The van der Waals surface area contributed by atoms with Crippen LogP contribution in [0.1, 0.15) is 42.6 Å². The summed E-state index contributed by atoms with van der Waals surface area (Å²) < 4.78 is 24.6. The van der Waals surface area contributed by atoms with Crippen molar-refractivity contribution in [2.75, 3.05) is 32.9 Å². The maximum Gasteiger partial charge on any atom is 0.211 e. The Morgan fingerprint density at radius 1 is 1.32 bits per heavy atom. The fourth-order valence-electron chi connectivity index (χ4n) is 2.64. The van der Waals surface area contributed by atoms with E-state index in [9.17, 15) is 8.42 Å². The minimum atomic E-state index is -3.06. The lowest BCUT2D eigenvalue weighted by Crippen LogP contribution is -2.43. The van der Waals surface area contributed by atoms with Gasteiger partial charge in [0.1, 0.15) is 10.0 Å². The van der Waals surface area contributed by atoms with Gasteiger partial charge in [-0.1, -0.05) is 25.2 Å². The van der Waals surface area contributed by atoms with Crippen LogP contribution in [0.25, 0.3) is 0 Å². The smallest absolute Gasteiger partial charge is 0.211 e. The topological polar surface area (TPSA) is 99.6 Å². The molecule has 142 valence electrons. The number of aromatic nitrogens is 2. The van der Waals surface area contributed by atoms with E-state index in [1.54, 1.807) is 22.7 Å². The highest BCUT2D eigenvalue weighted by molar-refractivity contribution is 7.88. The molecule has 0 amide bonds. The van der Waals surface area contributed by atoms with E-state index < -0.39 is 10.0 Å². The number of piperidine rings is 1. The second-order valence-electron chi connectivity index (χ2n) is 6.60. The second kappa shape index (κ2) is 8.91. The maximum absolute atomic E-state index is 11.5. The molecule has 0 unspecified atom stereocenters. The molecule has 2 rings (SSSR count). The Bertz CT molecular complexity index is 678. The van der Waals surface area contributed by atoms with Crippen molar-refractivity contribution in [1.82, 2.24) is 25.1 Å². The van der Waals surface area contributed by atoms with Crippen LogP contribution in [-0.4, -0.2) is 61.8 Å². The van der Waals surface area contributed by atoms with E-state index in [-0.39, 0.29) is 0 Å². The third kappa shape index (κ3) is 6.19. The summed E-state index contributed by atoms with van der Waals surface area (Å²) in [5.74, 6) is 1.57. The van der Waals surface area contributed by atoms with Gasteiger partial charge in [0, 0.05) is 32.6 Å². The van der Waals surface area contributed by atoms with Gasteiger partial charge in [-0.25, -0.2) is 12.7 Å². The first kappa shape index (κ1) is 20.1. The lowest BCUT2D eigenvalue weighted by atomic mass is 9.98. The van der Waals surface area contributed by atoms with E-state index in [4.69, 9.17) is 0 Å². The number of guanidine groups is 1. The fourth-order valence-corrected chi connectivity index (χ4v) is 4.30. The average molecular weight is 389 g/mol. The SMILES string of the molecule is CN=C(NCc1nnc(C(C)C)s1)NCC1CCN(S(C)(=O)=O)CC1. The number of nitrogens with zero attached hydrogens (tertiary/aromatic N) is 4. The van der Waals surface area contributed by atoms with E-state index in [0.29, 0.717) is 31.5 Å². The van der Waals surface area contributed by atoms with Gasteiger partial charge in [0.05, 0.1) is 12.8 Å². The molecule has 1 aromatic heterocycles. The molecular weight excluding hydrogens is 360 g/mol. The highest BCUT2D eigenvalue weighted by atomic mass is 32.2. The summed E-state index contributed by atoms with van der Waals surface area (Å²) in [4.78, 5) is 4.23. The van der Waals surface area contributed by atoms with Crippen molar-refractivity contribution in [2.45, 2.75) is 39.2 Å². The van der Waals surface area contributed by atoms with Crippen LogP contribution < -0.4 is 10.6 Å². The molecule has 0 aromatic carbocycles. The van der Waals surface area contributed by atoms with Crippen molar-refractivity contribution < 1.29 is 8.42 Å². The van der Waals surface area contributed by atoms with Crippen LogP contribution in [-0.2, 0) is 16.6 Å². The number of sulfonamides is 1. The standard InChI is InChI=1S/C15H28N6O2S2/c1-11(2)14-20-19-13(24-14)10-18-15(16-3)17-9-12-5-7-21(8-6-12)25(4,22)23/h11-12H,5-10H2,1-4H3,(H2,16,17,18). The Kier molecular flexibility index (Phi) is 7.14. The van der Waals surface area contributed by atoms with Crippen LogP contribution in [0.4, 0.5) is 0 Å². The first-order chi connectivity index (χ1) is 11.8. The molecule has 0 spiro atoms. The summed E-state index contributed by atoms with van der Waals surface area (Å²) >= 11 is 1.61. The van der Waals surface area contributed by atoms with Crippen molar-refractivity contribution in [2.24, 2.45) is 10.9 Å². The van der Waals surface area contributed by atoms with Gasteiger partial charge in [-0.15, -0.1) is 10.2 Å². The Balaban J connectivity index is 1.73. The molecule has 10 heteroatoms. The van der Waals surface area contributed by atoms with E-state index in [0.717, 1.165) is 35.4 Å². The average Bonchev–Trinajstić information content (AvgIpc) is 3.04. The minimum Gasteiger partial charge on any atom is -0.356 e. The summed E-state index contributed by atoms with van der Waals surface area (Å²) in [7, 11) is -1.33. The van der Waals surface area contributed by atoms with Crippen molar-refractivity contribution in [3.05, 3.63) is 10.0 Å². The summed E-state index contributed by atoms with van der Waals surface area (Å²) in [6, 6.07) is 0. The van der Waals surface area contributed by atoms with Crippen LogP contribution in [0.5, 0.6) is 0 Å². The van der Waals surface area contributed by atoms with Crippen LogP contribution in [0, 0.1) is 5.92 Å². The van der Waals surface area contributed by atoms with Gasteiger partial charge in [0.2, 0.25) is 10.0 Å². The Hall–Kier alpha value is -1.26. The summed E-state index contributed by atoms with van der Waals surface area (Å²) in [6.45, 7) is 6.78. The molecule has 0 atom stereocenters. The van der Waals surface area contributed by atoms with Crippen molar-refractivity contribution in [3.8, 4) is 0 Å². The van der Waals surface area contributed by atoms with Gasteiger partial charge in [-0.2, -0.15) is 0 Å². The summed E-state index contributed by atoms with van der Waals surface area (Å²) in [6.07, 6.45) is 3.01. The molecule has 1 aliphatic heterocycles. The predicted molar refractivity (Wildman–Crippen MR) is 101 cm³/mol. The molecule has 1 aromatic rings. The van der Waals surface area contributed by atoms with E-state index >= 15 is 0 Å². The number of hydrogen-bond acceptors (Lipinski definition) is 6. The molecule has 8 nitrogen and oxygen atoms in total. The number of aliphatic imine (C=N–C) groups is 1. The largest absolute Gasteiger partial charge is 0.356 e. The van der Waals surface area contributed by atoms with Crippen molar-refractivity contribution in [3.63, 3.8) is 0 Å². The van der Waals surface area contributed by atoms with Gasteiger partial charge in [0.15, 0.2) is 5.96 Å². The lowest BCUT2D eigenvalue weighted by Gasteiger charge is -2.30. The Morgan fingerprint density at radius 2 is 2.00 bits per heavy atom. The highest BCUT2D eigenvalue weighted by Gasteiger charge is 2.24. The molecule has 0 aliphatic carbocycles. The van der Waals surface area contributed by atoms with E-state index in [2.05, 4.69) is 39.7 Å². The molecule has 1 fully saturated rings. The summed E-state index contributed by atoms with van der Waals surface area (Å²) in [5, 5.41) is 16.9. The van der Waals surface area contributed by atoms with Crippen LogP contribution in [0.3, 0.4) is 0 Å². The predicted octanol–water partition coefficient (Wildman–Crippen LogP) is 0.998.